The van der Waals surface area contributed by atoms with E-state index in [1.165, 1.54) is 0 Å². The molecule has 0 aromatic carbocycles. The lowest BCUT2D eigenvalue weighted by Gasteiger charge is -2.23. The maximum Gasteiger partial charge on any atom is 0.241 e. The van der Waals surface area contributed by atoms with Crippen LogP contribution >= 0.6 is 0 Å². The van der Waals surface area contributed by atoms with E-state index in [0.717, 1.165) is 45.3 Å². The average Bonchev–Trinajstić information content (AvgIpc) is 2.67. The van der Waals surface area contributed by atoms with Crippen molar-refractivity contribution in [1.29, 1.82) is 0 Å². The van der Waals surface area contributed by atoms with Crippen LogP contribution in [0.4, 0.5) is 0 Å². The van der Waals surface area contributed by atoms with E-state index in [-0.39, 0.29) is 18.1 Å². The minimum absolute atomic E-state index is 0.0113. The number of rotatable bonds is 9. The molecule has 1 N–H and O–H groups in total. The lowest BCUT2D eigenvalue weighted by Crippen LogP contribution is -2.39. The third-order valence-electron chi connectivity index (χ3n) is 3.44. The number of hydrogen-bond acceptors (Lipinski definition) is 3. The van der Waals surface area contributed by atoms with Crippen LogP contribution in [0.15, 0.2) is 0 Å². The first-order valence-electron chi connectivity index (χ1n) is 7.38. The molecule has 1 heterocycles. The van der Waals surface area contributed by atoms with Gasteiger partial charge in [0.15, 0.2) is 0 Å². The van der Waals surface area contributed by atoms with Crippen molar-refractivity contribution in [3.8, 4) is 0 Å². The molecule has 1 amide bonds. The third kappa shape index (κ3) is 4.25. The number of carbonyl (C=O) groups excluding carboxylic acids is 1. The predicted octanol–water partition coefficient (Wildman–Crippen LogP) is 2.14. The van der Waals surface area contributed by atoms with E-state index in [0.29, 0.717) is 6.61 Å². The molecule has 1 rings (SSSR count). The van der Waals surface area contributed by atoms with Gasteiger partial charge in [-0.25, -0.2) is 0 Å². The smallest absolute Gasteiger partial charge is 0.241 e. The fraction of sp³-hybridized carbons (Fsp3) is 0.929. The van der Waals surface area contributed by atoms with Gasteiger partial charge in [0, 0.05) is 13.2 Å². The summed E-state index contributed by atoms with van der Waals surface area (Å²) in [7, 11) is 0. The van der Waals surface area contributed by atoms with Crippen LogP contribution < -0.4 is 5.32 Å². The third-order valence-corrected chi connectivity index (χ3v) is 3.44. The zero-order chi connectivity index (χ0) is 13.4. The van der Waals surface area contributed by atoms with Gasteiger partial charge in [-0.3, -0.25) is 10.1 Å². The van der Waals surface area contributed by atoms with Crippen molar-refractivity contribution in [3.05, 3.63) is 0 Å². The zero-order valence-corrected chi connectivity index (χ0v) is 12.1. The second kappa shape index (κ2) is 8.48. The Morgan fingerprint density at radius 2 is 2.00 bits per heavy atom. The van der Waals surface area contributed by atoms with Crippen LogP contribution in [0, 0.1) is 0 Å². The average molecular weight is 256 g/mol. The van der Waals surface area contributed by atoms with Gasteiger partial charge in [-0.2, -0.15) is 0 Å². The molecule has 2 atom stereocenters. The summed E-state index contributed by atoms with van der Waals surface area (Å²) in [6.07, 6.45) is 5.45. The van der Waals surface area contributed by atoms with Crippen LogP contribution in [0.3, 0.4) is 0 Å². The molecule has 2 unspecified atom stereocenters. The van der Waals surface area contributed by atoms with Crippen molar-refractivity contribution >= 4 is 5.91 Å². The Balaban J connectivity index is 2.36. The van der Waals surface area contributed by atoms with Gasteiger partial charge < -0.3 is 9.64 Å². The van der Waals surface area contributed by atoms with Crippen molar-refractivity contribution in [1.82, 2.24) is 10.2 Å². The molecule has 0 saturated carbocycles. The number of hydrogen-bond donors (Lipinski definition) is 1. The van der Waals surface area contributed by atoms with Crippen LogP contribution in [0.1, 0.15) is 52.9 Å². The molecule has 0 aromatic rings. The van der Waals surface area contributed by atoms with E-state index in [1.807, 2.05) is 4.90 Å². The van der Waals surface area contributed by atoms with Gasteiger partial charge in [-0.05, 0) is 19.3 Å². The molecule has 1 aliphatic rings. The summed E-state index contributed by atoms with van der Waals surface area (Å²) in [6.45, 7) is 8.55. The molecule has 0 radical (unpaired) electrons. The van der Waals surface area contributed by atoms with Crippen molar-refractivity contribution in [3.63, 3.8) is 0 Å². The summed E-state index contributed by atoms with van der Waals surface area (Å²) in [4.78, 5) is 14.1. The minimum Gasteiger partial charge on any atom is -0.380 e. The fourth-order valence-corrected chi connectivity index (χ4v) is 2.33. The summed E-state index contributed by atoms with van der Waals surface area (Å²) in [5.41, 5.74) is 0. The molecule has 4 heteroatoms. The molecular formula is C14H28N2O2. The van der Waals surface area contributed by atoms with Gasteiger partial charge in [0.2, 0.25) is 5.91 Å². The second-order valence-electron chi connectivity index (χ2n) is 4.93. The summed E-state index contributed by atoms with van der Waals surface area (Å²) >= 11 is 0. The van der Waals surface area contributed by atoms with E-state index in [2.05, 4.69) is 26.1 Å². The van der Waals surface area contributed by atoms with E-state index >= 15 is 0 Å². The van der Waals surface area contributed by atoms with E-state index in [9.17, 15) is 4.79 Å². The van der Waals surface area contributed by atoms with Crippen molar-refractivity contribution in [2.75, 3.05) is 19.8 Å². The molecule has 1 fully saturated rings. The standard InChI is InChI=1S/C14H28N2O2/c1-4-7-10-18-11-9-16-13(8-5-2)15-12(6-3)14(16)17/h12-13,15H,4-11H2,1-3H3. The fourth-order valence-electron chi connectivity index (χ4n) is 2.33. The predicted molar refractivity (Wildman–Crippen MR) is 73.4 cm³/mol. The Morgan fingerprint density at radius 3 is 2.61 bits per heavy atom. The quantitative estimate of drug-likeness (QED) is 0.643. The second-order valence-corrected chi connectivity index (χ2v) is 4.93. The molecular weight excluding hydrogens is 228 g/mol. The van der Waals surface area contributed by atoms with Crippen LogP contribution in [-0.4, -0.2) is 42.8 Å². The van der Waals surface area contributed by atoms with Gasteiger partial charge in [0.25, 0.3) is 0 Å². The van der Waals surface area contributed by atoms with E-state index in [1.54, 1.807) is 0 Å². The van der Waals surface area contributed by atoms with Crippen molar-refractivity contribution < 1.29 is 9.53 Å². The number of nitrogens with zero attached hydrogens (tertiary/aromatic N) is 1. The zero-order valence-electron chi connectivity index (χ0n) is 12.1. The molecule has 0 aliphatic carbocycles. The normalized spacial score (nSPS) is 23.9. The SMILES string of the molecule is CCCCOCCN1C(=O)C(CC)NC1CCC. The Kier molecular flexibility index (Phi) is 7.28. The Bertz CT molecular complexity index is 246. The topological polar surface area (TPSA) is 41.6 Å². The first kappa shape index (κ1) is 15.4. The molecule has 106 valence electrons. The monoisotopic (exact) mass is 256 g/mol. The summed E-state index contributed by atoms with van der Waals surface area (Å²) in [5, 5.41) is 3.41. The number of ether oxygens (including phenoxy) is 1. The van der Waals surface area contributed by atoms with Gasteiger partial charge in [0.05, 0.1) is 18.8 Å². The maximum atomic E-state index is 12.1. The first-order chi connectivity index (χ1) is 8.74. The van der Waals surface area contributed by atoms with Gasteiger partial charge in [-0.1, -0.05) is 33.6 Å². The molecule has 18 heavy (non-hydrogen) atoms. The van der Waals surface area contributed by atoms with Crippen molar-refractivity contribution in [2.24, 2.45) is 0 Å². The molecule has 4 nitrogen and oxygen atoms in total. The van der Waals surface area contributed by atoms with Gasteiger partial charge in [-0.15, -0.1) is 0 Å². The van der Waals surface area contributed by atoms with E-state index < -0.39 is 0 Å². The highest BCUT2D eigenvalue weighted by Gasteiger charge is 2.36. The first-order valence-corrected chi connectivity index (χ1v) is 7.38. The van der Waals surface area contributed by atoms with E-state index in [4.69, 9.17) is 4.74 Å². The van der Waals surface area contributed by atoms with Crippen LogP contribution in [0.2, 0.25) is 0 Å². The Labute approximate surface area is 111 Å². The highest BCUT2D eigenvalue weighted by Crippen LogP contribution is 2.16. The minimum atomic E-state index is 0.0113. The summed E-state index contributed by atoms with van der Waals surface area (Å²) in [5.74, 6) is 0.245. The molecule has 1 saturated heterocycles. The van der Waals surface area contributed by atoms with Gasteiger partial charge in [0.1, 0.15) is 0 Å². The van der Waals surface area contributed by atoms with Crippen molar-refractivity contribution in [2.45, 2.75) is 65.1 Å². The number of nitrogens with one attached hydrogen (secondary N) is 1. The molecule has 0 aromatic heterocycles. The van der Waals surface area contributed by atoms with Crippen LogP contribution in [-0.2, 0) is 9.53 Å². The van der Waals surface area contributed by atoms with Gasteiger partial charge >= 0.3 is 0 Å². The molecule has 0 bridgehead atoms. The summed E-state index contributed by atoms with van der Waals surface area (Å²) in [6, 6.07) is 0.0113. The van der Waals surface area contributed by atoms with Crippen LogP contribution in [0.5, 0.6) is 0 Å². The lowest BCUT2D eigenvalue weighted by atomic mass is 10.2. The summed E-state index contributed by atoms with van der Waals surface area (Å²) < 4.78 is 5.56. The molecule has 0 spiro atoms. The highest BCUT2D eigenvalue weighted by atomic mass is 16.5. The highest BCUT2D eigenvalue weighted by molar-refractivity contribution is 5.84. The lowest BCUT2D eigenvalue weighted by molar-refractivity contribution is -0.130. The number of amides is 1. The number of carbonyl (C=O) groups is 1. The largest absolute Gasteiger partial charge is 0.380 e. The Hall–Kier alpha value is -0.610. The van der Waals surface area contributed by atoms with Crippen LogP contribution in [0.25, 0.3) is 0 Å². The maximum absolute atomic E-state index is 12.1. The number of unbranched alkanes of at least 4 members (excludes halogenated alkanes) is 1. The molecule has 1 aliphatic heterocycles. The Morgan fingerprint density at radius 1 is 1.22 bits per heavy atom.